The first-order chi connectivity index (χ1) is 20.9. The second-order valence-corrected chi connectivity index (χ2v) is 10.8. The zero-order valence-corrected chi connectivity index (χ0v) is 24.4. The standard InChI is InChI=1S/C34H37FN6O2/c1-39-17-19-40(20-18-39)32-13-10-28(22-31(32)38-33(42)26-8-11-30(35)12-9-26)27-6-2-5-25(21-27)24-41(16-4-14-36)34(43)29-7-3-15-37-23-29/h2-3,5-13,15,21-23H,4,14,16-20,24,36H2,1H3,(H,38,42). The number of nitrogens with one attached hydrogen (secondary N) is 1. The van der Waals surface area contributed by atoms with Gasteiger partial charge >= 0.3 is 0 Å². The molecule has 0 spiro atoms. The van der Waals surface area contributed by atoms with Crippen LogP contribution in [-0.4, -0.2) is 72.9 Å². The third-order valence-corrected chi connectivity index (χ3v) is 7.66. The van der Waals surface area contributed by atoms with E-state index in [1.54, 1.807) is 29.4 Å². The molecular weight excluding hydrogens is 543 g/mol. The summed E-state index contributed by atoms with van der Waals surface area (Å²) in [6, 6.07) is 23.2. The van der Waals surface area contributed by atoms with Gasteiger partial charge in [-0.15, -0.1) is 0 Å². The van der Waals surface area contributed by atoms with Crippen LogP contribution in [0.2, 0.25) is 0 Å². The lowest BCUT2D eigenvalue weighted by atomic mass is 10.0. The monoisotopic (exact) mass is 580 g/mol. The molecule has 0 atom stereocenters. The van der Waals surface area contributed by atoms with Gasteiger partial charge in [0.05, 0.1) is 16.9 Å². The molecule has 1 aliphatic heterocycles. The molecule has 2 heterocycles. The van der Waals surface area contributed by atoms with Crippen molar-refractivity contribution in [3.05, 3.63) is 114 Å². The predicted octanol–water partition coefficient (Wildman–Crippen LogP) is 4.88. The molecule has 2 amide bonds. The number of nitrogens with zero attached hydrogens (tertiary/aromatic N) is 4. The maximum absolute atomic E-state index is 13.5. The summed E-state index contributed by atoms with van der Waals surface area (Å²) >= 11 is 0. The number of carbonyl (C=O) groups is 2. The summed E-state index contributed by atoms with van der Waals surface area (Å²) in [6.45, 7) is 4.98. The van der Waals surface area contributed by atoms with Gasteiger partial charge in [0.15, 0.2) is 0 Å². The summed E-state index contributed by atoms with van der Waals surface area (Å²) in [7, 11) is 2.10. The van der Waals surface area contributed by atoms with E-state index in [0.29, 0.717) is 42.9 Å². The smallest absolute Gasteiger partial charge is 0.255 e. The van der Waals surface area contributed by atoms with E-state index in [9.17, 15) is 14.0 Å². The van der Waals surface area contributed by atoms with Gasteiger partial charge in [-0.25, -0.2) is 4.39 Å². The maximum Gasteiger partial charge on any atom is 0.255 e. The highest BCUT2D eigenvalue weighted by Gasteiger charge is 2.20. The Hall–Kier alpha value is -4.60. The number of benzene rings is 3. The Morgan fingerprint density at radius 3 is 2.42 bits per heavy atom. The number of rotatable bonds is 10. The van der Waals surface area contributed by atoms with Gasteiger partial charge in [-0.1, -0.05) is 24.3 Å². The number of aromatic nitrogens is 1. The average Bonchev–Trinajstić information content (AvgIpc) is 3.04. The molecule has 3 N–H and O–H groups in total. The van der Waals surface area contributed by atoms with Crippen LogP contribution < -0.4 is 16.0 Å². The van der Waals surface area contributed by atoms with Crippen molar-refractivity contribution in [2.24, 2.45) is 5.73 Å². The van der Waals surface area contributed by atoms with Gasteiger partial charge in [0.1, 0.15) is 5.82 Å². The van der Waals surface area contributed by atoms with Crippen LogP contribution in [0.25, 0.3) is 11.1 Å². The first-order valence-corrected chi connectivity index (χ1v) is 14.5. The fraction of sp³-hybridized carbons (Fsp3) is 0.265. The molecule has 8 nitrogen and oxygen atoms in total. The summed E-state index contributed by atoms with van der Waals surface area (Å²) in [6.07, 6.45) is 3.92. The predicted molar refractivity (Wildman–Crippen MR) is 169 cm³/mol. The normalized spacial score (nSPS) is 13.5. The zero-order valence-electron chi connectivity index (χ0n) is 24.4. The Morgan fingerprint density at radius 1 is 0.930 bits per heavy atom. The number of nitrogens with two attached hydrogens (primary N) is 1. The highest BCUT2D eigenvalue weighted by Crippen LogP contribution is 2.33. The highest BCUT2D eigenvalue weighted by atomic mass is 19.1. The van der Waals surface area contributed by atoms with E-state index in [1.165, 1.54) is 24.3 Å². The molecule has 0 saturated carbocycles. The topological polar surface area (TPSA) is 94.8 Å². The second-order valence-electron chi connectivity index (χ2n) is 10.8. The average molecular weight is 581 g/mol. The van der Waals surface area contributed by atoms with Crippen molar-refractivity contribution in [3.8, 4) is 11.1 Å². The molecule has 1 aromatic heterocycles. The van der Waals surface area contributed by atoms with Crippen molar-refractivity contribution in [1.82, 2.24) is 14.8 Å². The van der Waals surface area contributed by atoms with Crippen LogP contribution in [0.3, 0.4) is 0 Å². The van der Waals surface area contributed by atoms with Crippen LogP contribution in [0, 0.1) is 5.82 Å². The Bertz CT molecular complexity index is 1540. The van der Waals surface area contributed by atoms with Crippen molar-refractivity contribution in [2.45, 2.75) is 13.0 Å². The molecule has 1 saturated heterocycles. The number of hydrogen-bond acceptors (Lipinski definition) is 6. The van der Waals surface area contributed by atoms with E-state index >= 15 is 0 Å². The van der Waals surface area contributed by atoms with E-state index in [2.05, 4.69) is 39.3 Å². The molecule has 5 rings (SSSR count). The van der Waals surface area contributed by atoms with Crippen molar-refractivity contribution < 1.29 is 14.0 Å². The molecule has 0 bridgehead atoms. The lowest BCUT2D eigenvalue weighted by Gasteiger charge is -2.35. The number of halogens is 1. The Kier molecular flexibility index (Phi) is 9.76. The van der Waals surface area contributed by atoms with Crippen molar-refractivity contribution >= 4 is 23.2 Å². The number of pyridine rings is 1. The first kappa shape index (κ1) is 29.9. The van der Waals surface area contributed by atoms with Crippen LogP contribution in [0.1, 0.15) is 32.7 Å². The quantitative estimate of drug-likeness (QED) is 0.278. The summed E-state index contributed by atoms with van der Waals surface area (Å²) in [5, 5.41) is 3.08. The lowest BCUT2D eigenvalue weighted by Crippen LogP contribution is -2.44. The molecule has 0 radical (unpaired) electrons. The number of likely N-dealkylation sites (N-methyl/N-ethyl adjacent to an activating group) is 1. The van der Waals surface area contributed by atoms with Gasteiger partial charge in [0, 0.05) is 57.2 Å². The SMILES string of the molecule is CN1CCN(c2ccc(-c3cccc(CN(CCCN)C(=O)c4cccnc4)c3)cc2NC(=O)c2ccc(F)cc2)CC1. The van der Waals surface area contributed by atoms with Gasteiger partial charge in [-0.3, -0.25) is 14.6 Å². The van der Waals surface area contributed by atoms with Crippen LogP contribution in [0.4, 0.5) is 15.8 Å². The minimum Gasteiger partial charge on any atom is -0.367 e. The fourth-order valence-electron chi connectivity index (χ4n) is 5.21. The number of carbonyl (C=O) groups excluding carboxylic acids is 2. The van der Waals surface area contributed by atoms with E-state index in [-0.39, 0.29) is 17.6 Å². The van der Waals surface area contributed by atoms with Crippen LogP contribution >= 0.6 is 0 Å². The maximum atomic E-state index is 13.5. The Labute approximate surface area is 251 Å². The van der Waals surface area contributed by atoms with E-state index < -0.39 is 0 Å². The second kappa shape index (κ2) is 14.0. The molecule has 1 fully saturated rings. The first-order valence-electron chi connectivity index (χ1n) is 14.5. The highest BCUT2D eigenvalue weighted by molar-refractivity contribution is 6.06. The van der Waals surface area contributed by atoms with Crippen molar-refractivity contribution in [1.29, 1.82) is 0 Å². The number of hydrogen-bond donors (Lipinski definition) is 2. The van der Waals surface area contributed by atoms with Crippen LogP contribution in [-0.2, 0) is 6.54 Å². The molecule has 222 valence electrons. The van der Waals surface area contributed by atoms with Crippen molar-refractivity contribution in [3.63, 3.8) is 0 Å². The number of amides is 2. The van der Waals surface area contributed by atoms with Gasteiger partial charge in [-0.05, 0) is 91.3 Å². The Balaban J connectivity index is 1.43. The fourth-order valence-corrected chi connectivity index (χ4v) is 5.21. The Morgan fingerprint density at radius 2 is 1.70 bits per heavy atom. The molecule has 0 aliphatic carbocycles. The summed E-state index contributed by atoms with van der Waals surface area (Å²) in [5.41, 5.74) is 11.2. The summed E-state index contributed by atoms with van der Waals surface area (Å²) in [4.78, 5) is 36.9. The number of anilines is 2. The van der Waals surface area contributed by atoms with E-state index in [4.69, 9.17) is 5.73 Å². The zero-order chi connectivity index (χ0) is 30.2. The molecular formula is C34H37FN6O2. The molecule has 4 aromatic rings. The third kappa shape index (κ3) is 7.63. The molecule has 1 aliphatic rings. The molecule has 3 aromatic carbocycles. The van der Waals surface area contributed by atoms with Gasteiger partial charge in [0.2, 0.25) is 0 Å². The van der Waals surface area contributed by atoms with E-state index in [0.717, 1.165) is 48.6 Å². The minimum absolute atomic E-state index is 0.0886. The molecule has 0 unspecified atom stereocenters. The van der Waals surface area contributed by atoms with Gasteiger partial charge in [0.25, 0.3) is 11.8 Å². The van der Waals surface area contributed by atoms with Gasteiger partial charge < -0.3 is 25.8 Å². The largest absolute Gasteiger partial charge is 0.367 e. The van der Waals surface area contributed by atoms with Crippen LogP contribution in [0.5, 0.6) is 0 Å². The van der Waals surface area contributed by atoms with Gasteiger partial charge in [-0.2, -0.15) is 0 Å². The van der Waals surface area contributed by atoms with Crippen molar-refractivity contribution in [2.75, 3.05) is 56.5 Å². The minimum atomic E-state index is -0.389. The van der Waals surface area contributed by atoms with E-state index in [1.807, 2.05) is 30.3 Å². The molecule has 43 heavy (non-hydrogen) atoms. The lowest BCUT2D eigenvalue weighted by molar-refractivity contribution is 0.0741. The number of piperazine rings is 1. The van der Waals surface area contributed by atoms with Crippen LogP contribution in [0.15, 0.2) is 91.3 Å². The summed E-state index contributed by atoms with van der Waals surface area (Å²) in [5.74, 6) is -0.778. The summed E-state index contributed by atoms with van der Waals surface area (Å²) < 4.78 is 13.5. The molecule has 9 heteroatoms. The third-order valence-electron chi connectivity index (χ3n) is 7.66.